The number of nitrogens with one attached hydrogen (secondary N) is 1. The first-order valence-electron chi connectivity index (χ1n) is 12.7. The van der Waals surface area contributed by atoms with Crippen LogP contribution in [-0.2, 0) is 14.8 Å². The fraction of sp³-hybridized carbons (Fsp3) is 0.167. The number of nitrogens with zero attached hydrogens (tertiary/aromatic N) is 2. The molecule has 1 saturated heterocycles. The number of anilines is 2. The molecular weight excluding hydrogens is 546 g/mol. The number of aromatic nitrogens is 1. The monoisotopic (exact) mass is 573 g/mol. The second-order valence-corrected chi connectivity index (χ2v) is 11.0. The van der Waals surface area contributed by atoms with Gasteiger partial charge in [0.1, 0.15) is 11.5 Å². The van der Waals surface area contributed by atoms with Gasteiger partial charge in [-0.15, -0.1) is 0 Å². The van der Waals surface area contributed by atoms with Crippen LogP contribution in [0.25, 0.3) is 0 Å². The van der Waals surface area contributed by atoms with E-state index < -0.39 is 21.8 Å². The highest BCUT2D eigenvalue weighted by atomic mass is 32.2. The number of phenols is 1. The van der Waals surface area contributed by atoms with E-state index >= 15 is 0 Å². The lowest BCUT2D eigenvalue weighted by atomic mass is 9.95. The third-order valence-corrected chi connectivity index (χ3v) is 8.08. The van der Waals surface area contributed by atoms with Crippen LogP contribution in [0.3, 0.4) is 0 Å². The molecule has 1 atom stereocenters. The Morgan fingerprint density at radius 3 is 2.39 bits per heavy atom. The molecule has 41 heavy (non-hydrogen) atoms. The summed E-state index contributed by atoms with van der Waals surface area (Å²) in [5.41, 5.74) is 1.39. The summed E-state index contributed by atoms with van der Waals surface area (Å²) >= 11 is 0. The van der Waals surface area contributed by atoms with E-state index in [1.54, 1.807) is 48.7 Å². The maximum Gasteiger partial charge on any atom is 0.264 e. The van der Waals surface area contributed by atoms with Crippen LogP contribution in [0.4, 0.5) is 11.4 Å². The summed E-state index contributed by atoms with van der Waals surface area (Å²) in [5, 5.41) is 11.5. The number of methoxy groups -OCH3 is 1. The van der Waals surface area contributed by atoms with Crippen molar-refractivity contribution in [3.05, 3.63) is 108 Å². The molecule has 2 amide bonds. The van der Waals surface area contributed by atoms with E-state index in [-0.39, 0.29) is 33.4 Å². The van der Waals surface area contributed by atoms with E-state index in [0.29, 0.717) is 36.6 Å². The van der Waals surface area contributed by atoms with Crippen molar-refractivity contribution < 1.29 is 32.6 Å². The first-order chi connectivity index (χ1) is 19.8. The van der Waals surface area contributed by atoms with Gasteiger partial charge in [0, 0.05) is 41.7 Å². The Morgan fingerprint density at radius 2 is 1.76 bits per heavy atom. The summed E-state index contributed by atoms with van der Waals surface area (Å²) in [6, 6.07) is 19.8. The molecule has 0 aliphatic carbocycles. The van der Waals surface area contributed by atoms with Gasteiger partial charge < -0.3 is 14.6 Å². The molecule has 1 aromatic heterocycles. The average Bonchev–Trinajstić information content (AvgIpc) is 3.53. The second kappa shape index (κ2) is 11.8. The van der Waals surface area contributed by atoms with Crippen LogP contribution in [0.1, 0.15) is 38.6 Å². The van der Waals surface area contributed by atoms with Crippen LogP contribution in [0.2, 0.25) is 0 Å². The third kappa shape index (κ3) is 5.76. The largest absolute Gasteiger partial charge is 0.505 e. The lowest BCUT2D eigenvalue weighted by molar-refractivity contribution is 0.0979. The summed E-state index contributed by atoms with van der Waals surface area (Å²) in [6.07, 6.45) is 3.64. The molecule has 11 heteroatoms. The number of rotatable bonds is 8. The second-order valence-electron chi connectivity index (χ2n) is 9.29. The Bertz CT molecular complexity index is 1660. The van der Waals surface area contributed by atoms with Crippen molar-refractivity contribution in [2.45, 2.75) is 17.2 Å². The van der Waals surface area contributed by atoms with Gasteiger partial charge in [0.2, 0.25) is 0 Å². The van der Waals surface area contributed by atoms with Gasteiger partial charge >= 0.3 is 0 Å². The molecule has 10 nitrogen and oxygen atoms in total. The minimum absolute atomic E-state index is 0.0448. The SMILES string of the molecule is COc1ccc(N(C(=O)c2cccnc2)c2ccc(C(=O)NS(=O)(=O)c3ccccc3)cc2)c(O)c1[C@H]1CCOC1. The molecule has 1 aliphatic heterocycles. The quantitative estimate of drug-likeness (QED) is 0.317. The molecule has 2 N–H and O–H groups in total. The van der Waals surface area contributed by atoms with Crippen molar-refractivity contribution in [2.75, 3.05) is 25.2 Å². The van der Waals surface area contributed by atoms with Crippen LogP contribution in [-0.4, -0.2) is 50.6 Å². The molecule has 2 heterocycles. The summed E-state index contributed by atoms with van der Waals surface area (Å²) < 4.78 is 38.3. The lowest BCUT2D eigenvalue weighted by Gasteiger charge is -2.26. The summed E-state index contributed by atoms with van der Waals surface area (Å²) in [5.74, 6) is -1.09. The zero-order valence-corrected chi connectivity index (χ0v) is 22.9. The number of aromatic hydroxyl groups is 1. The highest BCUT2D eigenvalue weighted by Gasteiger charge is 2.30. The zero-order chi connectivity index (χ0) is 29.0. The molecular formula is C30H27N3O7S. The Morgan fingerprint density at radius 1 is 1.00 bits per heavy atom. The molecule has 0 saturated carbocycles. The molecule has 0 spiro atoms. The highest BCUT2D eigenvalue weighted by molar-refractivity contribution is 7.90. The topological polar surface area (TPSA) is 135 Å². The minimum atomic E-state index is -4.08. The normalized spacial score (nSPS) is 14.8. The van der Waals surface area contributed by atoms with Crippen molar-refractivity contribution in [3.63, 3.8) is 0 Å². The number of sulfonamides is 1. The summed E-state index contributed by atoms with van der Waals surface area (Å²) in [4.78, 5) is 31.9. The maximum absolute atomic E-state index is 13.8. The summed E-state index contributed by atoms with van der Waals surface area (Å²) in [6.45, 7) is 0.943. The van der Waals surface area contributed by atoms with Crippen molar-refractivity contribution in [1.29, 1.82) is 0 Å². The molecule has 0 unspecified atom stereocenters. The van der Waals surface area contributed by atoms with Crippen LogP contribution in [0, 0.1) is 0 Å². The Labute approximate surface area is 237 Å². The highest BCUT2D eigenvalue weighted by Crippen LogP contribution is 2.46. The van der Waals surface area contributed by atoms with Crippen molar-refractivity contribution >= 4 is 33.2 Å². The van der Waals surface area contributed by atoms with Crippen molar-refractivity contribution in [2.24, 2.45) is 0 Å². The van der Waals surface area contributed by atoms with Gasteiger partial charge in [0.05, 0.1) is 29.9 Å². The molecule has 5 rings (SSSR count). The smallest absolute Gasteiger partial charge is 0.264 e. The van der Waals surface area contributed by atoms with Gasteiger partial charge in [0.25, 0.3) is 21.8 Å². The first kappa shape index (κ1) is 27.8. The number of benzene rings is 3. The van der Waals surface area contributed by atoms with E-state index in [1.165, 1.54) is 54.6 Å². The number of ether oxygens (including phenoxy) is 2. The molecule has 210 valence electrons. The standard InChI is InChI=1S/C30H27N3O7S/c1-39-26-14-13-25(28(34)27(26)22-15-17-40-19-22)33(30(36)21-6-5-16-31-18-21)23-11-9-20(10-12-23)29(35)32-41(37,38)24-7-3-2-4-8-24/h2-14,16,18,22,34H,15,17,19H2,1H3,(H,32,35)/t22-/m0/s1. The molecule has 0 bridgehead atoms. The number of pyridine rings is 1. The Hall–Kier alpha value is -4.74. The fourth-order valence-corrected chi connectivity index (χ4v) is 5.67. The van der Waals surface area contributed by atoms with Crippen molar-refractivity contribution in [3.8, 4) is 11.5 Å². The zero-order valence-electron chi connectivity index (χ0n) is 22.1. The van der Waals surface area contributed by atoms with E-state index in [0.717, 1.165) is 0 Å². The number of carbonyl (C=O) groups excluding carboxylic acids is 2. The Kier molecular flexibility index (Phi) is 7.99. The predicted octanol–water partition coefficient (Wildman–Crippen LogP) is 4.40. The van der Waals surface area contributed by atoms with E-state index in [9.17, 15) is 23.1 Å². The minimum Gasteiger partial charge on any atom is -0.505 e. The molecule has 1 fully saturated rings. The van der Waals surface area contributed by atoms with Gasteiger partial charge in [-0.05, 0) is 67.1 Å². The van der Waals surface area contributed by atoms with E-state index in [2.05, 4.69) is 9.71 Å². The van der Waals surface area contributed by atoms with Gasteiger partial charge in [-0.1, -0.05) is 18.2 Å². The Balaban J connectivity index is 1.52. The summed E-state index contributed by atoms with van der Waals surface area (Å²) in [7, 11) is -2.57. The lowest BCUT2D eigenvalue weighted by Crippen LogP contribution is -2.30. The number of carbonyl (C=O) groups is 2. The number of hydrogen-bond donors (Lipinski definition) is 2. The van der Waals surface area contributed by atoms with Crippen LogP contribution < -0.4 is 14.4 Å². The number of hydrogen-bond acceptors (Lipinski definition) is 8. The molecule has 4 aromatic rings. The van der Waals surface area contributed by atoms with Crippen LogP contribution >= 0.6 is 0 Å². The maximum atomic E-state index is 13.8. The van der Waals surface area contributed by atoms with Gasteiger partial charge in [0.15, 0.2) is 0 Å². The van der Waals surface area contributed by atoms with E-state index in [1.807, 2.05) is 0 Å². The van der Waals surface area contributed by atoms with Crippen molar-refractivity contribution in [1.82, 2.24) is 9.71 Å². The molecule has 0 radical (unpaired) electrons. The van der Waals surface area contributed by atoms with Gasteiger partial charge in [-0.3, -0.25) is 19.5 Å². The van der Waals surface area contributed by atoms with E-state index in [4.69, 9.17) is 9.47 Å². The fourth-order valence-electron chi connectivity index (χ4n) is 4.68. The number of phenolic OH excluding ortho intramolecular Hbond substituents is 1. The van der Waals surface area contributed by atoms with Gasteiger partial charge in [-0.25, -0.2) is 13.1 Å². The molecule has 1 aliphatic rings. The average molecular weight is 574 g/mol. The third-order valence-electron chi connectivity index (χ3n) is 6.73. The van der Waals surface area contributed by atoms with Crippen LogP contribution in [0.5, 0.6) is 11.5 Å². The first-order valence-corrected chi connectivity index (χ1v) is 14.2. The molecule has 3 aromatic carbocycles. The number of amides is 2. The van der Waals surface area contributed by atoms with Crippen LogP contribution in [0.15, 0.2) is 96.2 Å². The van der Waals surface area contributed by atoms with Gasteiger partial charge in [-0.2, -0.15) is 0 Å². The predicted molar refractivity (Wildman–Crippen MR) is 151 cm³/mol.